The first kappa shape index (κ1) is 16.4. The minimum atomic E-state index is -4.41. The highest BCUT2D eigenvalue weighted by Gasteiger charge is 2.27. The zero-order valence-electron chi connectivity index (χ0n) is 10.2. The Kier molecular flexibility index (Phi) is 5.87. The van der Waals surface area contributed by atoms with Crippen molar-refractivity contribution in [3.63, 3.8) is 0 Å². The number of carboxylic acid groups (broad SMARTS) is 1. The summed E-state index contributed by atoms with van der Waals surface area (Å²) in [7, 11) is 0. The highest BCUT2D eigenvalue weighted by molar-refractivity contribution is 7.99. The molecule has 1 rings (SSSR count). The van der Waals surface area contributed by atoms with Gasteiger partial charge in [0.2, 0.25) is 5.91 Å². The van der Waals surface area contributed by atoms with Crippen LogP contribution in [0.4, 0.5) is 13.2 Å². The van der Waals surface area contributed by atoms with Crippen molar-refractivity contribution in [2.75, 3.05) is 12.3 Å². The average molecular weight is 307 g/mol. The van der Waals surface area contributed by atoms with Crippen molar-refractivity contribution >= 4 is 23.6 Å². The standard InChI is InChI=1S/C12H12F3NO3S/c13-12(14,15)7-16-10(17)6-20-5-8-1-3-9(4-2-8)11(18)19/h1-4H,5-7H2,(H,16,17)(H,18,19). The molecule has 0 spiro atoms. The Morgan fingerprint density at radius 3 is 2.30 bits per heavy atom. The fraction of sp³-hybridized carbons (Fsp3) is 0.333. The van der Waals surface area contributed by atoms with Gasteiger partial charge in [0.15, 0.2) is 0 Å². The van der Waals surface area contributed by atoms with E-state index < -0.39 is 24.6 Å². The predicted octanol–water partition coefficient (Wildman–Crippen LogP) is 2.30. The number of thioether (sulfide) groups is 1. The summed E-state index contributed by atoms with van der Waals surface area (Å²) in [6.45, 7) is -1.33. The average Bonchev–Trinajstić information content (AvgIpc) is 2.36. The van der Waals surface area contributed by atoms with Crippen LogP contribution in [0.1, 0.15) is 15.9 Å². The number of alkyl halides is 3. The second-order valence-electron chi connectivity index (χ2n) is 3.89. The molecule has 0 radical (unpaired) electrons. The molecule has 8 heteroatoms. The Morgan fingerprint density at radius 2 is 1.80 bits per heavy atom. The van der Waals surface area contributed by atoms with E-state index >= 15 is 0 Å². The van der Waals surface area contributed by atoms with E-state index in [-0.39, 0.29) is 11.3 Å². The van der Waals surface area contributed by atoms with Crippen molar-refractivity contribution in [1.29, 1.82) is 0 Å². The summed E-state index contributed by atoms with van der Waals surface area (Å²) in [5, 5.41) is 10.5. The summed E-state index contributed by atoms with van der Waals surface area (Å²) in [5.74, 6) is -1.39. The second-order valence-corrected chi connectivity index (χ2v) is 4.87. The van der Waals surface area contributed by atoms with Crippen LogP contribution in [0.5, 0.6) is 0 Å². The smallest absolute Gasteiger partial charge is 0.405 e. The molecule has 20 heavy (non-hydrogen) atoms. The number of carbonyl (C=O) groups is 2. The maximum Gasteiger partial charge on any atom is 0.405 e. The Bertz CT molecular complexity index is 474. The van der Waals surface area contributed by atoms with Gasteiger partial charge in [-0.25, -0.2) is 4.79 Å². The SMILES string of the molecule is O=C(CSCc1ccc(C(=O)O)cc1)NCC(F)(F)F. The number of aromatic carboxylic acids is 1. The minimum Gasteiger partial charge on any atom is -0.478 e. The van der Waals surface area contributed by atoms with E-state index in [4.69, 9.17) is 5.11 Å². The quantitative estimate of drug-likeness (QED) is 0.846. The van der Waals surface area contributed by atoms with Crippen molar-refractivity contribution in [3.8, 4) is 0 Å². The number of halogens is 3. The largest absolute Gasteiger partial charge is 0.478 e. The fourth-order valence-corrected chi connectivity index (χ4v) is 2.07. The van der Waals surface area contributed by atoms with Gasteiger partial charge in [-0.15, -0.1) is 11.8 Å². The Hall–Kier alpha value is -1.70. The first-order valence-corrected chi connectivity index (χ1v) is 6.67. The number of carbonyl (C=O) groups excluding carboxylic acids is 1. The molecule has 2 N–H and O–H groups in total. The Balaban J connectivity index is 2.30. The van der Waals surface area contributed by atoms with Gasteiger partial charge in [-0.3, -0.25) is 4.79 Å². The maximum absolute atomic E-state index is 11.8. The molecule has 1 amide bonds. The second kappa shape index (κ2) is 7.18. The van der Waals surface area contributed by atoms with Gasteiger partial charge in [-0.2, -0.15) is 13.2 Å². The lowest BCUT2D eigenvalue weighted by Gasteiger charge is -2.08. The number of amides is 1. The summed E-state index contributed by atoms with van der Waals surface area (Å²) in [5.41, 5.74) is 0.949. The van der Waals surface area contributed by atoms with E-state index in [0.717, 1.165) is 17.3 Å². The first-order valence-electron chi connectivity index (χ1n) is 5.51. The molecule has 0 unspecified atom stereocenters. The van der Waals surface area contributed by atoms with Gasteiger partial charge in [0.05, 0.1) is 11.3 Å². The van der Waals surface area contributed by atoms with Crippen molar-refractivity contribution in [1.82, 2.24) is 5.32 Å². The minimum absolute atomic E-state index is 0.0865. The van der Waals surface area contributed by atoms with Gasteiger partial charge in [-0.1, -0.05) is 12.1 Å². The number of carboxylic acids is 1. The number of benzene rings is 1. The van der Waals surface area contributed by atoms with Crippen LogP contribution in [0.15, 0.2) is 24.3 Å². The molecule has 0 saturated carbocycles. The van der Waals surface area contributed by atoms with E-state index in [1.54, 1.807) is 17.4 Å². The molecule has 0 aliphatic heterocycles. The highest BCUT2D eigenvalue weighted by Crippen LogP contribution is 2.14. The van der Waals surface area contributed by atoms with E-state index in [1.165, 1.54) is 12.1 Å². The van der Waals surface area contributed by atoms with E-state index in [1.807, 2.05) is 0 Å². The van der Waals surface area contributed by atoms with Crippen LogP contribution in [-0.4, -0.2) is 35.5 Å². The Labute approximate surface area is 117 Å². The van der Waals surface area contributed by atoms with Crippen molar-refractivity contribution in [3.05, 3.63) is 35.4 Å². The van der Waals surface area contributed by atoms with Gasteiger partial charge >= 0.3 is 12.1 Å². The molecule has 0 heterocycles. The third kappa shape index (κ3) is 6.46. The molecule has 4 nitrogen and oxygen atoms in total. The van der Waals surface area contributed by atoms with E-state index in [9.17, 15) is 22.8 Å². The summed E-state index contributed by atoms with van der Waals surface area (Å²) < 4.78 is 35.5. The molecular weight excluding hydrogens is 295 g/mol. The topological polar surface area (TPSA) is 66.4 Å². The summed E-state index contributed by atoms with van der Waals surface area (Å²) in [6.07, 6.45) is -4.41. The number of rotatable bonds is 6. The van der Waals surface area contributed by atoms with Crippen molar-refractivity contribution in [2.24, 2.45) is 0 Å². The third-order valence-electron chi connectivity index (χ3n) is 2.19. The maximum atomic E-state index is 11.8. The normalized spacial score (nSPS) is 11.2. The highest BCUT2D eigenvalue weighted by atomic mass is 32.2. The van der Waals surface area contributed by atoms with Crippen LogP contribution >= 0.6 is 11.8 Å². The van der Waals surface area contributed by atoms with Gasteiger partial charge in [-0.05, 0) is 17.7 Å². The third-order valence-corrected chi connectivity index (χ3v) is 3.19. The number of nitrogens with one attached hydrogen (secondary N) is 1. The van der Waals surface area contributed by atoms with Crippen LogP contribution in [0.3, 0.4) is 0 Å². The lowest BCUT2D eigenvalue weighted by atomic mass is 10.1. The first-order chi connectivity index (χ1) is 9.28. The summed E-state index contributed by atoms with van der Waals surface area (Å²) in [4.78, 5) is 21.7. The Morgan fingerprint density at radius 1 is 1.20 bits per heavy atom. The molecule has 0 aromatic heterocycles. The van der Waals surface area contributed by atoms with Crippen LogP contribution < -0.4 is 5.32 Å². The van der Waals surface area contributed by atoms with Crippen molar-refractivity contribution < 1.29 is 27.9 Å². The summed E-state index contributed by atoms with van der Waals surface area (Å²) >= 11 is 1.15. The molecule has 0 atom stereocenters. The molecule has 1 aromatic rings. The van der Waals surface area contributed by atoms with Crippen LogP contribution in [0, 0.1) is 0 Å². The lowest BCUT2D eigenvalue weighted by Crippen LogP contribution is -2.34. The molecule has 110 valence electrons. The molecule has 0 aliphatic rings. The zero-order chi connectivity index (χ0) is 15.2. The molecular formula is C12H12F3NO3S. The monoisotopic (exact) mass is 307 g/mol. The number of hydrogen-bond donors (Lipinski definition) is 2. The van der Waals surface area contributed by atoms with Gasteiger partial charge in [0.1, 0.15) is 6.54 Å². The molecule has 0 fully saturated rings. The van der Waals surface area contributed by atoms with Gasteiger partial charge in [0.25, 0.3) is 0 Å². The molecule has 1 aromatic carbocycles. The van der Waals surface area contributed by atoms with Crippen LogP contribution in [0.25, 0.3) is 0 Å². The van der Waals surface area contributed by atoms with Crippen molar-refractivity contribution in [2.45, 2.75) is 11.9 Å². The van der Waals surface area contributed by atoms with Gasteiger partial charge in [0, 0.05) is 5.75 Å². The lowest BCUT2D eigenvalue weighted by molar-refractivity contribution is -0.136. The molecule has 0 bridgehead atoms. The number of hydrogen-bond acceptors (Lipinski definition) is 3. The summed E-state index contributed by atoms with van der Waals surface area (Å²) in [6, 6.07) is 6.07. The van der Waals surface area contributed by atoms with E-state index in [2.05, 4.69) is 0 Å². The van der Waals surface area contributed by atoms with Gasteiger partial charge < -0.3 is 10.4 Å². The molecule has 0 aliphatic carbocycles. The van der Waals surface area contributed by atoms with Crippen LogP contribution in [-0.2, 0) is 10.5 Å². The van der Waals surface area contributed by atoms with E-state index in [0.29, 0.717) is 5.75 Å². The zero-order valence-corrected chi connectivity index (χ0v) is 11.1. The molecule has 0 saturated heterocycles. The predicted molar refractivity (Wildman–Crippen MR) is 68.6 cm³/mol. The fourth-order valence-electron chi connectivity index (χ4n) is 1.25. The van der Waals surface area contributed by atoms with Crippen LogP contribution in [0.2, 0.25) is 0 Å².